The molecule has 0 radical (unpaired) electrons. The molecule has 0 aliphatic rings. The zero-order valence-corrected chi connectivity index (χ0v) is 11.6. The third-order valence-corrected chi connectivity index (χ3v) is 3.14. The number of aromatic nitrogens is 1. The molecular formula is C13H9BrClN3. The van der Waals surface area contributed by atoms with Crippen LogP contribution >= 0.6 is 27.5 Å². The van der Waals surface area contributed by atoms with E-state index >= 15 is 0 Å². The highest BCUT2D eigenvalue weighted by atomic mass is 79.9. The van der Waals surface area contributed by atoms with E-state index in [1.54, 1.807) is 18.5 Å². The van der Waals surface area contributed by atoms with Crippen LogP contribution in [0.2, 0.25) is 5.02 Å². The van der Waals surface area contributed by atoms with Crippen molar-refractivity contribution in [3.8, 4) is 6.07 Å². The number of pyridine rings is 1. The second-order valence-electron chi connectivity index (χ2n) is 3.62. The Bertz CT molecular complexity index is 595. The number of nitrogens with zero attached hydrogens (tertiary/aromatic N) is 2. The zero-order valence-electron chi connectivity index (χ0n) is 9.27. The summed E-state index contributed by atoms with van der Waals surface area (Å²) in [5, 5.41) is 12.9. The Labute approximate surface area is 119 Å². The van der Waals surface area contributed by atoms with Crippen LogP contribution in [0.4, 0.5) is 5.69 Å². The predicted octanol–water partition coefficient (Wildman–Crippen LogP) is 4.17. The topological polar surface area (TPSA) is 48.7 Å². The van der Waals surface area contributed by atoms with Gasteiger partial charge in [-0.05, 0) is 28.1 Å². The number of rotatable bonds is 3. The molecule has 0 saturated carbocycles. The summed E-state index contributed by atoms with van der Waals surface area (Å²) < 4.78 is 0.850. The highest BCUT2D eigenvalue weighted by Gasteiger charge is 2.13. The smallest absolute Gasteiger partial charge is 0.141 e. The van der Waals surface area contributed by atoms with E-state index in [0.29, 0.717) is 5.02 Å². The number of nitrogens with one attached hydrogen (secondary N) is 1. The van der Waals surface area contributed by atoms with Gasteiger partial charge < -0.3 is 5.32 Å². The second kappa shape index (κ2) is 5.85. The van der Waals surface area contributed by atoms with Crippen molar-refractivity contribution >= 4 is 33.2 Å². The van der Waals surface area contributed by atoms with Gasteiger partial charge in [0, 0.05) is 21.3 Å². The van der Waals surface area contributed by atoms with Crippen LogP contribution in [0.1, 0.15) is 11.6 Å². The Hall–Kier alpha value is -1.57. The van der Waals surface area contributed by atoms with E-state index in [0.717, 1.165) is 15.7 Å². The van der Waals surface area contributed by atoms with Gasteiger partial charge in [-0.15, -0.1) is 0 Å². The van der Waals surface area contributed by atoms with E-state index < -0.39 is 6.04 Å². The molecule has 18 heavy (non-hydrogen) atoms. The van der Waals surface area contributed by atoms with Crippen molar-refractivity contribution in [1.29, 1.82) is 5.26 Å². The molecular weight excluding hydrogens is 314 g/mol. The molecule has 3 nitrogen and oxygen atoms in total. The van der Waals surface area contributed by atoms with Gasteiger partial charge in [0.2, 0.25) is 0 Å². The quantitative estimate of drug-likeness (QED) is 0.922. The molecule has 1 aromatic carbocycles. The molecule has 1 aromatic heterocycles. The average Bonchev–Trinajstić information content (AvgIpc) is 2.37. The summed E-state index contributed by atoms with van der Waals surface area (Å²) in [7, 11) is 0. The first kappa shape index (κ1) is 12.9. The predicted molar refractivity (Wildman–Crippen MR) is 75.4 cm³/mol. The number of benzene rings is 1. The monoisotopic (exact) mass is 321 g/mol. The third kappa shape index (κ3) is 3.00. The molecule has 0 fully saturated rings. The first-order chi connectivity index (χ1) is 8.70. The normalized spacial score (nSPS) is 11.6. The molecule has 0 spiro atoms. The minimum absolute atomic E-state index is 0.505. The summed E-state index contributed by atoms with van der Waals surface area (Å²) >= 11 is 9.41. The van der Waals surface area contributed by atoms with Crippen LogP contribution in [0.15, 0.2) is 47.2 Å². The fraction of sp³-hybridized carbons (Fsp3) is 0.0769. The number of hydrogen-bond donors (Lipinski definition) is 1. The molecule has 0 bridgehead atoms. The van der Waals surface area contributed by atoms with Gasteiger partial charge in [0.05, 0.1) is 18.0 Å². The molecule has 0 unspecified atom stereocenters. The lowest BCUT2D eigenvalue weighted by Gasteiger charge is -2.14. The van der Waals surface area contributed by atoms with Crippen LogP contribution in [0.3, 0.4) is 0 Å². The molecule has 0 saturated heterocycles. The number of nitriles is 1. The Kier molecular flexibility index (Phi) is 4.19. The Morgan fingerprint density at radius 2 is 2.11 bits per heavy atom. The van der Waals surface area contributed by atoms with Crippen LogP contribution in [-0.2, 0) is 0 Å². The van der Waals surface area contributed by atoms with Gasteiger partial charge in [-0.1, -0.05) is 29.8 Å². The molecule has 0 aliphatic heterocycles. The fourth-order valence-electron chi connectivity index (χ4n) is 1.55. The zero-order chi connectivity index (χ0) is 13.0. The molecule has 0 amide bonds. The molecule has 90 valence electrons. The molecule has 2 aromatic rings. The van der Waals surface area contributed by atoms with E-state index in [-0.39, 0.29) is 0 Å². The van der Waals surface area contributed by atoms with E-state index in [4.69, 9.17) is 11.6 Å². The largest absolute Gasteiger partial charge is 0.365 e. The van der Waals surface area contributed by atoms with Gasteiger partial charge in [-0.3, -0.25) is 4.98 Å². The fourth-order valence-corrected chi connectivity index (χ4v) is 2.16. The van der Waals surface area contributed by atoms with E-state index in [2.05, 4.69) is 32.3 Å². The van der Waals surface area contributed by atoms with Crippen molar-refractivity contribution in [3.05, 3.63) is 57.8 Å². The Balaban J connectivity index is 2.26. The first-order valence-corrected chi connectivity index (χ1v) is 6.39. The number of halogens is 2. The minimum Gasteiger partial charge on any atom is -0.365 e. The van der Waals surface area contributed by atoms with Crippen LogP contribution in [0, 0.1) is 11.3 Å². The number of anilines is 1. The summed E-state index contributed by atoms with van der Waals surface area (Å²) in [4.78, 5) is 4.04. The number of hydrogen-bond acceptors (Lipinski definition) is 3. The van der Waals surface area contributed by atoms with Gasteiger partial charge >= 0.3 is 0 Å². The summed E-state index contributed by atoms with van der Waals surface area (Å²) in [6.07, 6.45) is 3.34. The highest BCUT2D eigenvalue weighted by Crippen LogP contribution is 2.26. The first-order valence-electron chi connectivity index (χ1n) is 5.22. The van der Waals surface area contributed by atoms with Crippen molar-refractivity contribution in [2.75, 3.05) is 5.32 Å². The average molecular weight is 323 g/mol. The van der Waals surface area contributed by atoms with E-state index in [1.807, 2.05) is 24.3 Å². The van der Waals surface area contributed by atoms with E-state index in [1.165, 1.54) is 0 Å². The second-order valence-corrected chi connectivity index (χ2v) is 4.94. The SMILES string of the molecule is N#C[C@@H](Nc1cncc(Br)c1)c1ccccc1Cl. The lowest BCUT2D eigenvalue weighted by atomic mass is 10.1. The molecule has 5 heteroatoms. The summed E-state index contributed by atoms with van der Waals surface area (Å²) in [5.74, 6) is 0. The van der Waals surface area contributed by atoms with Crippen molar-refractivity contribution in [1.82, 2.24) is 4.98 Å². The summed E-state index contributed by atoms with van der Waals surface area (Å²) in [5.41, 5.74) is 1.51. The van der Waals surface area contributed by atoms with Crippen LogP contribution in [-0.4, -0.2) is 4.98 Å². The van der Waals surface area contributed by atoms with Crippen molar-refractivity contribution < 1.29 is 0 Å². The van der Waals surface area contributed by atoms with Gasteiger partial charge in [-0.2, -0.15) is 5.26 Å². The third-order valence-electron chi connectivity index (χ3n) is 2.36. The summed E-state index contributed by atoms with van der Waals surface area (Å²) in [6, 6.07) is 10.8. The standard InChI is InChI=1S/C13H9BrClN3/c14-9-5-10(8-17-7-9)18-13(6-16)11-3-1-2-4-12(11)15/h1-5,7-8,13,18H/t13-/m1/s1. The van der Waals surface area contributed by atoms with Crippen LogP contribution in [0.5, 0.6) is 0 Å². The molecule has 1 N–H and O–H groups in total. The maximum Gasteiger partial charge on any atom is 0.141 e. The lowest BCUT2D eigenvalue weighted by Crippen LogP contribution is -2.09. The lowest BCUT2D eigenvalue weighted by molar-refractivity contribution is 0.993. The molecule has 0 aliphatic carbocycles. The highest BCUT2D eigenvalue weighted by molar-refractivity contribution is 9.10. The van der Waals surface area contributed by atoms with Crippen molar-refractivity contribution in [2.24, 2.45) is 0 Å². The van der Waals surface area contributed by atoms with Crippen molar-refractivity contribution in [2.45, 2.75) is 6.04 Å². The van der Waals surface area contributed by atoms with Crippen LogP contribution < -0.4 is 5.32 Å². The van der Waals surface area contributed by atoms with Gasteiger partial charge in [0.25, 0.3) is 0 Å². The van der Waals surface area contributed by atoms with Crippen molar-refractivity contribution in [3.63, 3.8) is 0 Å². The van der Waals surface area contributed by atoms with E-state index in [9.17, 15) is 5.26 Å². The minimum atomic E-state index is -0.505. The molecule has 1 atom stereocenters. The molecule has 2 rings (SSSR count). The Morgan fingerprint density at radius 1 is 1.33 bits per heavy atom. The summed E-state index contributed by atoms with van der Waals surface area (Å²) in [6.45, 7) is 0. The molecule has 1 heterocycles. The maximum absolute atomic E-state index is 9.23. The van der Waals surface area contributed by atoms with Gasteiger partial charge in [0.15, 0.2) is 0 Å². The van der Waals surface area contributed by atoms with Gasteiger partial charge in [-0.25, -0.2) is 0 Å². The van der Waals surface area contributed by atoms with Gasteiger partial charge in [0.1, 0.15) is 6.04 Å². The maximum atomic E-state index is 9.23. The van der Waals surface area contributed by atoms with Crippen LogP contribution in [0.25, 0.3) is 0 Å². The Morgan fingerprint density at radius 3 is 2.78 bits per heavy atom.